The highest BCUT2D eigenvalue weighted by Crippen LogP contribution is 2.16. The Balaban J connectivity index is 1.82. The van der Waals surface area contributed by atoms with Crippen LogP contribution in [0, 0.1) is 0 Å². The minimum Gasteiger partial charge on any atom is -0.497 e. The molecule has 0 unspecified atom stereocenters. The van der Waals surface area contributed by atoms with Crippen LogP contribution >= 0.6 is 11.6 Å². The van der Waals surface area contributed by atoms with Gasteiger partial charge in [-0.15, -0.1) is 0 Å². The van der Waals surface area contributed by atoms with E-state index < -0.39 is 0 Å². The predicted octanol–water partition coefficient (Wildman–Crippen LogP) is 3.63. The fourth-order valence-corrected chi connectivity index (χ4v) is 2.29. The van der Waals surface area contributed by atoms with Crippen LogP contribution in [0.4, 0.5) is 0 Å². The molecule has 2 aromatic rings. The lowest BCUT2D eigenvalue weighted by atomic mass is 10.1. The monoisotopic (exact) mass is 331 g/mol. The molecule has 0 aliphatic rings. The topological polar surface area (TPSA) is 55.4 Å². The molecule has 0 aromatic heterocycles. The van der Waals surface area contributed by atoms with Crippen LogP contribution in [0.2, 0.25) is 5.02 Å². The Bertz CT molecular complexity index is 700. The van der Waals surface area contributed by atoms with Gasteiger partial charge in [0.2, 0.25) is 5.91 Å². The summed E-state index contributed by atoms with van der Waals surface area (Å²) in [5.74, 6) is 0.358. The van der Waals surface area contributed by atoms with Crippen LogP contribution in [0.5, 0.6) is 5.75 Å². The van der Waals surface area contributed by atoms with Crippen LogP contribution in [0.15, 0.2) is 48.5 Å². The Morgan fingerprint density at radius 1 is 1.09 bits per heavy atom. The Morgan fingerprint density at radius 3 is 2.61 bits per heavy atom. The fourth-order valence-electron chi connectivity index (χ4n) is 2.09. The van der Waals surface area contributed by atoms with Gasteiger partial charge in [-0.25, -0.2) is 0 Å². The summed E-state index contributed by atoms with van der Waals surface area (Å²) in [4.78, 5) is 23.9. The molecule has 0 fully saturated rings. The van der Waals surface area contributed by atoms with Crippen molar-refractivity contribution in [2.45, 2.75) is 19.4 Å². The molecule has 2 rings (SSSR count). The number of nitrogens with one attached hydrogen (secondary N) is 1. The quantitative estimate of drug-likeness (QED) is 0.788. The Labute approximate surface area is 140 Å². The Kier molecular flexibility index (Phi) is 6.18. The summed E-state index contributed by atoms with van der Waals surface area (Å²) in [6.07, 6.45) is 0.294. The van der Waals surface area contributed by atoms with E-state index in [4.69, 9.17) is 16.3 Å². The van der Waals surface area contributed by atoms with E-state index in [1.807, 2.05) is 18.2 Å². The maximum absolute atomic E-state index is 12.1. The Hall–Kier alpha value is -2.33. The number of rotatable bonds is 7. The van der Waals surface area contributed by atoms with Crippen LogP contribution in [-0.2, 0) is 11.3 Å². The molecule has 0 bridgehead atoms. The molecule has 1 N–H and O–H groups in total. The summed E-state index contributed by atoms with van der Waals surface area (Å²) >= 11 is 6.03. The van der Waals surface area contributed by atoms with E-state index in [-0.39, 0.29) is 24.5 Å². The van der Waals surface area contributed by atoms with Crippen molar-refractivity contribution in [2.75, 3.05) is 7.11 Å². The first-order chi connectivity index (χ1) is 11.1. The van der Waals surface area contributed by atoms with Gasteiger partial charge in [0.15, 0.2) is 5.78 Å². The minimum absolute atomic E-state index is 0.0863. The standard InChI is InChI=1S/C18H18ClNO3/c1-23-15-7-4-6-13(11-15)17(21)9-10-18(22)20-12-14-5-2-3-8-16(14)19/h2-8,11H,9-10,12H2,1H3,(H,20,22). The van der Waals surface area contributed by atoms with Gasteiger partial charge in [0, 0.05) is 30.0 Å². The van der Waals surface area contributed by atoms with Gasteiger partial charge < -0.3 is 10.1 Å². The maximum Gasteiger partial charge on any atom is 0.220 e. The molecule has 2 aromatic carbocycles. The molecule has 0 heterocycles. The molecule has 23 heavy (non-hydrogen) atoms. The summed E-state index contributed by atoms with van der Waals surface area (Å²) in [5, 5.41) is 3.38. The third-order valence-corrected chi connectivity index (χ3v) is 3.77. The summed E-state index contributed by atoms with van der Waals surface area (Å²) in [6, 6.07) is 14.2. The van der Waals surface area contributed by atoms with E-state index in [1.54, 1.807) is 37.4 Å². The lowest BCUT2D eigenvalue weighted by Gasteiger charge is -2.07. The van der Waals surface area contributed by atoms with Crippen molar-refractivity contribution in [3.8, 4) is 5.75 Å². The molecule has 1 amide bonds. The summed E-state index contributed by atoms with van der Waals surface area (Å²) in [7, 11) is 1.55. The summed E-state index contributed by atoms with van der Waals surface area (Å²) in [5.41, 5.74) is 1.39. The lowest BCUT2D eigenvalue weighted by molar-refractivity contribution is -0.121. The van der Waals surface area contributed by atoms with Crippen molar-refractivity contribution in [1.29, 1.82) is 0 Å². The van der Waals surface area contributed by atoms with E-state index in [0.29, 0.717) is 22.9 Å². The predicted molar refractivity (Wildman–Crippen MR) is 89.9 cm³/mol. The fraction of sp³-hybridized carbons (Fsp3) is 0.222. The number of benzene rings is 2. The zero-order chi connectivity index (χ0) is 16.7. The summed E-state index contributed by atoms with van der Waals surface area (Å²) in [6.45, 7) is 0.353. The van der Waals surface area contributed by atoms with Crippen LogP contribution in [-0.4, -0.2) is 18.8 Å². The van der Waals surface area contributed by atoms with Gasteiger partial charge in [-0.3, -0.25) is 9.59 Å². The van der Waals surface area contributed by atoms with Gasteiger partial charge in [0.05, 0.1) is 7.11 Å². The smallest absolute Gasteiger partial charge is 0.220 e. The van der Waals surface area contributed by atoms with Gasteiger partial charge in [0.1, 0.15) is 5.75 Å². The van der Waals surface area contributed by atoms with Gasteiger partial charge in [-0.2, -0.15) is 0 Å². The number of halogens is 1. The zero-order valence-electron chi connectivity index (χ0n) is 12.8. The van der Waals surface area contributed by atoms with Crippen molar-refractivity contribution in [1.82, 2.24) is 5.32 Å². The molecular formula is C18H18ClNO3. The molecule has 0 radical (unpaired) electrons. The molecule has 0 spiro atoms. The molecule has 5 heteroatoms. The van der Waals surface area contributed by atoms with E-state index in [1.165, 1.54) is 0 Å². The van der Waals surface area contributed by atoms with E-state index >= 15 is 0 Å². The first-order valence-electron chi connectivity index (χ1n) is 7.27. The van der Waals surface area contributed by atoms with Gasteiger partial charge in [-0.05, 0) is 23.8 Å². The zero-order valence-corrected chi connectivity index (χ0v) is 13.6. The number of hydrogen-bond acceptors (Lipinski definition) is 3. The number of carbonyl (C=O) groups excluding carboxylic acids is 2. The Morgan fingerprint density at radius 2 is 1.87 bits per heavy atom. The number of amides is 1. The molecule has 0 saturated heterocycles. The van der Waals surface area contributed by atoms with E-state index in [2.05, 4.69) is 5.32 Å². The van der Waals surface area contributed by atoms with Gasteiger partial charge in [0.25, 0.3) is 0 Å². The number of ketones is 1. The van der Waals surface area contributed by atoms with Crippen molar-refractivity contribution in [3.63, 3.8) is 0 Å². The highest BCUT2D eigenvalue weighted by molar-refractivity contribution is 6.31. The average molecular weight is 332 g/mol. The molecule has 0 aliphatic heterocycles. The minimum atomic E-state index is -0.179. The van der Waals surface area contributed by atoms with Crippen molar-refractivity contribution in [2.24, 2.45) is 0 Å². The van der Waals surface area contributed by atoms with Crippen LogP contribution in [0.1, 0.15) is 28.8 Å². The van der Waals surface area contributed by atoms with Crippen molar-refractivity contribution >= 4 is 23.3 Å². The highest BCUT2D eigenvalue weighted by atomic mass is 35.5. The SMILES string of the molecule is COc1cccc(C(=O)CCC(=O)NCc2ccccc2Cl)c1. The van der Waals surface area contributed by atoms with E-state index in [9.17, 15) is 9.59 Å². The second kappa shape index (κ2) is 8.34. The number of hydrogen-bond donors (Lipinski definition) is 1. The van der Waals surface area contributed by atoms with Gasteiger partial charge in [-0.1, -0.05) is 41.9 Å². The van der Waals surface area contributed by atoms with Gasteiger partial charge >= 0.3 is 0 Å². The third-order valence-electron chi connectivity index (χ3n) is 3.40. The first kappa shape index (κ1) is 17.0. The molecule has 120 valence electrons. The normalized spacial score (nSPS) is 10.2. The second-order valence-electron chi connectivity index (χ2n) is 5.02. The number of methoxy groups -OCH3 is 1. The maximum atomic E-state index is 12.1. The average Bonchev–Trinajstić information content (AvgIpc) is 2.59. The van der Waals surface area contributed by atoms with Crippen LogP contribution in [0.3, 0.4) is 0 Å². The van der Waals surface area contributed by atoms with Crippen LogP contribution < -0.4 is 10.1 Å². The number of ether oxygens (including phenoxy) is 1. The molecule has 0 atom stereocenters. The van der Waals surface area contributed by atoms with Crippen molar-refractivity contribution in [3.05, 3.63) is 64.7 Å². The lowest BCUT2D eigenvalue weighted by Crippen LogP contribution is -2.23. The third kappa shape index (κ3) is 5.11. The largest absolute Gasteiger partial charge is 0.497 e. The molecule has 0 saturated carbocycles. The molecule has 4 nitrogen and oxygen atoms in total. The molecular weight excluding hydrogens is 314 g/mol. The highest BCUT2D eigenvalue weighted by Gasteiger charge is 2.10. The van der Waals surface area contributed by atoms with Crippen LogP contribution in [0.25, 0.3) is 0 Å². The van der Waals surface area contributed by atoms with E-state index in [0.717, 1.165) is 5.56 Å². The second-order valence-corrected chi connectivity index (χ2v) is 5.43. The number of Topliss-reactive ketones (excluding diaryl/α,β-unsaturated/α-hetero) is 1. The van der Waals surface area contributed by atoms with Crippen molar-refractivity contribution < 1.29 is 14.3 Å². The molecule has 0 aliphatic carbocycles. The number of carbonyl (C=O) groups is 2. The first-order valence-corrected chi connectivity index (χ1v) is 7.65. The summed E-state index contributed by atoms with van der Waals surface area (Å²) < 4.78 is 5.09.